The summed E-state index contributed by atoms with van der Waals surface area (Å²) in [7, 11) is 1.55. The third-order valence-electron chi connectivity index (χ3n) is 2.23. The van der Waals surface area contributed by atoms with Crippen LogP contribution in [0.3, 0.4) is 0 Å². The maximum Gasteiger partial charge on any atom is 0.308 e. The fourth-order valence-electron chi connectivity index (χ4n) is 1.32. The van der Waals surface area contributed by atoms with Gasteiger partial charge in [0.15, 0.2) is 11.5 Å². The number of methoxy groups -OCH3 is 1. The van der Waals surface area contributed by atoms with Crippen LogP contribution in [0, 0.1) is 0 Å². The van der Waals surface area contributed by atoms with Gasteiger partial charge in [-0.05, 0) is 12.1 Å². The molecule has 1 aliphatic heterocycles. The van der Waals surface area contributed by atoms with E-state index in [-0.39, 0.29) is 6.10 Å². The number of epoxide rings is 1. The number of hydrogen-bond acceptors (Lipinski definition) is 5. The number of rotatable bonds is 5. The molecule has 5 heteroatoms. The van der Waals surface area contributed by atoms with E-state index in [2.05, 4.69) is 0 Å². The fraction of sp³-hybridized carbons (Fsp3) is 0.417. The molecule has 0 aromatic heterocycles. The van der Waals surface area contributed by atoms with Crippen molar-refractivity contribution < 1.29 is 23.7 Å². The number of esters is 1. The maximum absolute atomic E-state index is 11.0. The van der Waals surface area contributed by atoms with E-state index in [0.29, 0.717) is 23.9 Å². The second-order valence-electron chi connectivity index (χ2n) is 3.67. The summed E-state index contributed by atoms with van der Waals surface area (Å²) in [5.41, 5.74) is 0. The highest BCUT2D eigenvalue weighted by molar-refractivity contribution is 5.70. The van der Waals surface area contributed by atoms with Crippen LogP contribution in [0.15, 0.2) is 18.2 Å². The Morgan fingerprint density at radius 2 is 2.24 bits per heavy atom. The molecule has 1 unspecified atom stereocenters. The van der Waals surface area contributed by atoms with Gasteiger partial charge in [0, 0.05) is 13.0 Å². The van der Waals surface area contributed by atoms with E-state index in [1.54, 1.807) is 25.3 Å². The Hall–Kier alpha value is -1.75. The molecule has 0 N–H and O–H groups in total. The van der Waals surface area contributed by atoms with E-state index in [9.17, 15) is 4.79 Å². The van der Waals surface area contributed by atoms with Crippen molar-refractivity contribution in [3.63, 3.8) is 0 Å². The molecule has 1 aromatic carbocycles. The minimum absolute atomic E-state index is 0.155. The SMILES string of the molecule is COc1ccc(OCC2CO2)c(OC(C)=O)c1. The van der Waals surface area contributed by atoms with Crippen LogP contribution in [0.2, 0.25) is 0 Å². The Labute approximate surface area is 99.2 Å². The van der Waals surface area contributed by atoms with Crippen molar-refractivity contribution in [2.75, 3.05) is 20.3 Å². The first kappa shape index (κ1) is 11.7. The third kappa shape index (κ3) is 3.35. The van der Waals surface area contributed by atoms with Crippen molar-refractivity contribution in [2.45, 2.75) is 13.0 Å². The maximum atomic E-state index is 11.0. The second kappa shape index (κ2) is 5.05. The fourth-order valence-corrected chi connectivity index (χ4v) is 1.32. The summed E-state index contributed by atoms with van der Waals surface area (Å²) in [5.74, 6) is 1.08. The molecule has 92 valence electrons. The molecule has 0 radical (unpaired) electrons. The van der Waals surface area contributed by atoms with Crippen LogP contribution in [0.25, 0.3) is 0 Å². The van der Waals surface area contributed by atoms with Crippen LogP contribution in [0.1, 0.15) is 6.92 Å². The Bertz CT molecular complexity index is 411. The first-order valence-electron chi connectivity index (χ1n) is 5.30. The number of hydrogen-bond donors (Lipinski definition) is 0. The lowest BCUT2D eigenvalue weighted by molar-refractivity contribution is -0.132. The number of carbonyl (C=O) groups is 1. The summed E-state index contributed by atoms with van der Waals surface area (Å²) in [6.45, 7) is 2.52. The lowest BCUT2D eigenvalue weighted by Gasteiger charge is -2.11. The molecule has 17 heavy (non-hydrogen) atoms. The van der Waals surface area contributed by atoms with Crippen LogP contribution in [0.5, 0.6) is 17.2 Å². The van der Waals surface area contributed by atoms with Gasteiger partial charge in [0.05, 0.1) is 13.7 Å². The molecular formula is C12H14O5. The van der Waals surface area contributed by atoms with Gasteiger partial charge in [-0.1, -0.05) is 0 Å². The molecule has 1 aliphatic rings. The number of carbonyl (C=O) groups excluding carboxylic acids is 1. The normalized spacial score (nSPS) is 17.4. The summed E-state index contributed by atoms with van der Waals surface area (Å²) >= 11 is 0. The van der Waals surface area contributed by atoms with Gasteiger partial charge >= 0.3 is 5.97 Å². The van der Waals surface area contributed by atoms with E-state index >= 15 is 0 Å². The van der Waals surface area contributed by atoms with Crippen molar-refractivity contribution in [1.29, 1.82) is 0 Å². The minimum Gasteiger partial charge on any atom is -0.497 e. The highest BCUT2D eigenvalue weighted by Crippen LogP contribution is 2.32. The monoisotopic (exact) mass is 238 g/mol. The number of benzene rings is 1. The van der Waals surface area contributed by atoms with Gasteiger partial charge in [-0.2, -0.15) is 0 Å². The predicted molar refractivity (Wildman–Crippen MR) is 59.5 cm³/mol. The average Bonchev–Trinajstić information content (AvgIpc) is 3.10. The van der Waals surface area contributed by atoms with E-state index in [1.807, 2.05) is 0 Å². The Balaban J connectivity index is 2.12. The Morgan fingerprint density at radius 3 is 2.82 bits per heavy atom. The summed E-state index contributed by atoms with van der Waals surface area (Å²) in [4.78, 5) is 11.0. The zero-order valence-electron chi connectivity index (χ0n) is 9.76. The lowest BCUT2D eigenvalue weighted by Crippen LogP contribution is -2.08. The van der Waals surface area contributed by atoms with Crippen LogP contribution in [-0.4, -0.2) is 32.4 Å². The van der Waals surface area contributed by atoms with Crippen LogP contribution < -0.4 is 14.2 Å². The minimum atomic E-state index is -0.397. The predicted octanol–water partition coefficient (Wildman–Crippen LogP) is 1.40. The quantitative estimate of drug-likeness (QED) is 0.441. The molecule has 5 nitrogen and oxygen atoms in total. The summed E-state index contributed by atoms with van der Waals surface area (Å²) in [6.07, 6.45) is 0.155. The van der Waals surface area contributed by atoms with Crippen molar-refractivity contribution in [3.05, 3.63) is 18.2 Å². The second-order valence-corrected chi connectivity index (χ2v) is 3.67. The van der Waals surface area contributed by atoms with E-state index in [1.165, 1.54) is 6.92 Å². The molecule has 0 amide bonds. The van der Waals surface area contributed by atoms with Crippen LogP contribution in [0.4, 0.5) is 0 Å². The van der Waals surface area contributed by atoms with Crippen LogP contribution in [-0.2, 0) is 9.53 Å². The summed E-state index contributed by atoms with van der Waals surface area (Å²) < 4.78 is 20.7. The molecule has 1 fully saturated rings. The Morgan fingerprint density at radius 1 is 1.47 bits per heavy atom. The molecule has 1 aromatic rings. The highest BCUT2D eigenvalue weighted by Gasteiger charge is 2.24. The molecule has 1 saturated heterocycles. The summed E-state index contributed by atoms with van der Waals surface area (Å²) in [5, 5.41) is 0. The van der Waals surface area contributed by atoms with E-state index in [4.69, 9.17) is 18.9 Å². The van der Waals surface area contributed by atoms with Crippen molar-refractivity contribution in [2.24, 2.45) is 0 Å². The van der Waals surface area contributed by atoms with Gasteiger partial charge in [0.25, 0.3) is 0 Å². The standard InChI is InChI=1S/C12H14O5/c1-8(13)17-12-5-9(14-2)3-4-11(12)16-7-10-6-15-10/h3-5,10H,6-7H2,1-2H3. The Kier molecular flexibility index (Phi) is 3.49. The smallest absolute Gasteiger partial charge is 0.308 e. The first-order valence-corrected chi connectivity index (χ1v) is 5.30. The molecule has 2 rings (SSSR count). The lowest BCUT2D eigenvalue weighted by atomic mass is 10.3. The first-order chi connectivity index (χ1) is 8.19. The van der Waals surface area contributed by atoms with Crippen molar-refractivity contribution in [3.8, 4) is 17.2 Å². The third-order valence-corrected chi connectivity index (χ3v) is 2.23. The van der Waals surface area contributed by atoms with E-state index < -0.39 is 5.97 Å². The van der Waals surface area contributed by atoms with Gasteiger partial charge in [0.1, 0.15) is 18.5 Å². The molecule has 1 atom stereocenters. The molecule has 1 heterocycles. The van der Waals surface area contributed by atoms with E-state index in [0.717, 1.165) is 6.61 Å². The van der Waals surface area contributed by atoms with Gasteiger partial charge in [-0.3, -0.25) is 4.79 Å². The average molecular weight is 238 g/mol. The largest absolute Gasteiger partial charge is 0.497 e. The van der Waals surface area contributed by atoms with Crippen molar-refractivity contribution in [1.82, 2.24) is 0 Å². The molecule has 0 aliphatic carbocycles. The van der Waals surface area contributed by atoms with Gasteiger partial charge in [-0.25, -0.2) is 0 Å². The zero-order chi connectivity index (χ0) is 12.3. The van der Waals surface area contributed by atoms with Gasteiger partial charge in [-0.15, -0.1) is 0 Å². The topological polar surface area (TPSA) is 57.3 Å². The van der Waals surface area contributed by atoms with Crippen molar-refractivity contribution >= 4 is 5.97 Å². The highest BCUT2D eigenvalue weighted by atomic mass is 16.6. The van der Waals surface area contributed by atoms with Crippen LogP contribution >= 0.6 is 0 Å². The number of ether oxygens (including phenoxy) is 4. The van der Waals surface area contributed by atoms with Gasteiger partial charge < -0.3 is 18.9 Å². The molecule has 0 saturated carbocycles. The summed E-state index contributed by atoms with van der Waals surface area (Å²) in [6, 6.07) is 5.07. The zero-order valence-corrected chi connectivity index (χ0v) is 9.76. The molecule has 0 bridgehead atoms. The van der Waals surface area contributed by atoms with Gasteiger partial charge in [0.2, 0.25) is 0 Å². The molecular weight excluding hydrogens is 224 g/mol. The molecule has 0 spiro atoms.